The molecule has 0 fully saturated rings. The van der Waals surface area contributed by atoms with E-state index in [4.69, 9.17) is 4.98 Å². The van der Waals surface area contributed by atoms with Gasteiger partial charge in [-0.2, -0.15) is 5.10 Å². The molecule has 0 saturated heterocycles. The fraction of sp³-hybridized carbons (Fsp3) is 0.316. The van der Waals surface area contributed by atoms with Crippen LogP contribution >= 0.6 is 0 Å². The average molecular weight is 319 g/mol. The molecule has 0 spiro atoms. The monoisotopic (exact) mass is 319 g/mol. The van der Waals surface area contributed by atoms with Crippen molar-refractivity contribution < 1.29 is 0 Å². The smallest absolute Gasteiger partial charge is 0.223 e. The molecule has 0 radical (unpaired) electrons. The molecule has 24 heavy (non-hydrogen) atoms. The molecular weight excluding hydrogens is 298 g/mol. The molecule has 1 atom stereocenters. The first-order valence-electron chi connectivity index (χ1n) is 8.43. The van der Waals surface area contributed by atoms with Gasteiger partial charge < -0.3 is 5.32 Å². The first-order chi connectivity index (χ1) is 11.7. The summed E-state index contributed by atoms with van der Waals surface area (Å²) in [6, 6.07) is 10.8. The molecule has 1 aromatic carbocycles. The third kappa shape index (κ3) is 2.66. The van der Waals surface area contributed by atoms with Crippen LogP contribution in [0.25, 0.3) is 11.3 Å². The molecule has 3 aromatic rings. The molecule has 2 heterocycles. The van der Waals surface area contributed by atoms with E-state index in [1.165, 1.54) is 11.1 Å². The predicted octanol–water partition coefficient (Wildman–Crippen LogP) is 4.09. The lowest BCUT2D eigenvalue weighted by molar-refractivity contribution is 0.751. The van der Waals surface area contributed by atoms with Crippen molar-refractivity contribution in [2.75, 3.05) is 5.32 Å². The molecule has 0 bridgehead atoms. The van der Waals surface area contributed by atoms with Crippen LogP contribution in [-0.2, 0) is 6.42 Å². The summed E-state index contributed by atoms with van der Waals surface area (Å²) in [4.78, 5) is 9.12. The number of hydrogen-bond acceptors (Lipinski definition) is 4. The van der Waals surface area contributed by atoms with E-state index in [9.17, 15) is 0 Å². The van der Waals surface area contributed by atoms with E-state index in [-0.39, 0.29) is 6.04 Å². The van der Waals surface area contributed by atoms with Crippen molar-refractivity contribution in [3.05, 3.63) is 59.5 Å². The van der Waals surface area contributed by atoms with Gasteiger partial charge in [-0.05, 0) is 36.0 Å². The maximum atomic E-state index is 4.71. The van der Waals surface area contributed by atoms with Crippen LogP contribution in [0.2, 0.25) is 0 Å². The van der Waals surface area contributed by atoms with Crippen LogP contribution in [0.15, 0.2) is 42.7 Å². The normalized spacial score (nSPS) is 16.4. The highest BCUT2D eigenvalue weighted by molar-refractivity contribution is 5.62. The predicted molar refractivity (Wildman–Crippen MR) is 94.8 cm³/mol. The van der Waals surface area contributed by atoms with Crippen molar-refractivity contribution in [2.45, 2.75) is 38.6 Å². The van der Waals surface area contributed by atoms with E-state index in [2.05, 4.69) is 58.6 Å². The Balaban J connectivity index is 1.61. The highest BCUT2D eigenvalue weighted by Gasteiger charge is 2.22. The van der Waals surface area contributed by atoms with Crippen LogP contribution in [0.3, 0.4) is 0 Å². The van der Waals surface area contributed by atoms with Gasteiger partial charge in [0.25, 0.3) is 0 Å². The van der Waals surface area contributed by atoms with E-state index in [0.29, 0.717) is 11.9 Å². The van der Waals surface area contributed by atoms with Gasteiger partial charge in [0.05, 0.1) is 17.9 Å². The molecule has 5 nitrogen and oxygen atoms in total. The van der Waals surface area contributed by atoms with Crippen molar-refractivity contribution in [1.29, 1.82) is 0 Å². The minimum Gasteiger partial charge on any atom is -0.347 e. The lowest BCUT2D eigenvalue weighted by atomic mass is 10.0. The molecule has 0 unspecified atom stereocenters. The third-order valence-corrected chi connectivity index (χ3v) is 4.61. The Morgan fingerprint density at radius 2 is 2.08 bits per heavy atom. The summed E-state index contributed by atoms with van der Waals surface area (Å²) in [5.74, 6) is 1.04. The molecule has 0 aliphatic heterocycles. The molecule has 0 saturated carbocycles. The third-order valence-electron chi connectivity index (χ3n) is 4.61. The van der Waals surface area contributed by atoms with E-state index in [1.807, 2.05) is 18.5 Å². The second-order valence-electron chi connectivity index (χ2n) is 6.55. The van der Waals surface area contributed by atoms with Gasteiger partial charge in [-0.15, -0.1) is 0 Å². The van der Waals surface area contributed by atoms with Gasteiger partial charge in [-0.25, -0.2) is 9.97 Å². The number of rotatable bonds is 4. The Morgan fingerprint density at radius 3 is 2.96 bits per heavy atom. The van der Waals surface area contributed by atoms with Gasteiger partial charge in [-0.3, -0.25) is 5.10 Å². The zero-order valence-electron chi connectivity index (χ0n) is 14.0. The lowest BCUT2D eigenvalue weighted by Crippen LogP contribution is -2.10. The molecule has 122 valence electrons. The second kappa shape index (κ2) is 6.07. The largest absolute Gasteiger partial charge is 0.347 e. The molecular formula is C19H21N5. The number of H-pyrrole nitrogens is 1. The summed E-state index contributed by atoms with van der Waals surface area (Å²) in [7, 11) is 0. The first-order valence-corrected chi connectivity index (χ1v) is 8.43. The number of benzene rings is 1. The highest BCUT2D eigenvalue weighted by atomic mass is 15.1. The summed E-state index contributed by atoms with van der Waals surface area (Å²) in [5, 5.41) is 10.8. The number of hydrogen-bond donors (Lipinski definition) is 2. The molecule has 5 heteroatoms. The Bertz CT molecular complexity index is 852. The maximum absolute atomic E-state index is 4.71. The van der Waals surface area contributed by atoms with Crippen LogP contribution in [0.4, 0.5) is 5.95 Å². The number of aromatic amines is 1. The van der Waals surface area contributed by atoms with Crippen LogP contribution in [0, 0.1) is 0 Å². The van der Waals surface area contributed by atoms with Crippen molar-refractivity contribution in [3.8, 4) is 11.3 Å². The van der Waals surface area contributed by atoms with Crippen LogP contribution in [0.5, 0.6) is 0 Å². The van der Waals surface area contributed by atoms with E-state index in [1.54, 1.807) is 0 Å². The highest BCUT2D eigenvalue weighted by Crippen LogP contribution is 2.33. The van der Waals surface area contributed by atoms with Crippen molar-refractivity contribution in [2.24, 2.45) is 0 Å². The van der Waals surface area contributed by atoms with Crippen LogP contribution in [-0.4, -0.2) is 20.2 Å². The number of fused-ring (bicyclic) bond motifs is 1. The fourth-order valence-corrected chi connectivity index (χ4v) is 3.38. The summed E-state index contributed by atoms with van der Waals surface area (Å²) in [5.41, 5.74) is 5.82. The summed E-state index contributed by atoms with van der Waals surface area (Å²) in [6.07, 6.45) is 5.83. The molecule has 1 aliphatic carbocycles. The van der Waals surface area contributed by atoms with Gasteiger partial charge in [0, 0.05) is 17.5 Å². The molecule has 0 amide bonds. The van der Waals surface area contributed by atoms with E-state index in [0.717, 1.165) is 29.8 Å². The van der Waals surface area contributed by atoms with Crippen molar-refractivity contribution >= 4 is 5.95 Å². The Morgan fingerprint density at radius 1 is 1.21 bits per heavy atom. The van der Waals surface area contributed by atoms with E-state index < -0.39 is 0 Å². The topological polar surface area (TPSA) is 66.5 Å². The first kappa shape index (κ1) is 14.9. The quantitative estimate of drug-likeness (QED) is 0.760. The zero-order chi connectivity index (χ0) is 16.5. The molecule has 2 aromatic heterocycles. The van der Waals surface area contributed by atoms with Gasteiger partial charge in [0.2, 0.25) is 5.95 Å². The van der Waals surface area contributed by atoms with Crippen molar-refractivity contribution in [1.82, 2.24) is 20.2 Å². The van der Waals surface area contributed by atoms with Gasteiger partial charge in [0.1, 0.15) is 0 Å². The number of aromatic nitrogens is 4. The summed E-state index contributed by atoms with van der Waals surface area (Å²) >= 11 is 0. The zero-order valence-corrected chi connectivity index (χ0v) is 14.0. The Hall–Kier alpha value is -2.69. The number of nitrogens with one attached hydrogen (secondary N) is 2. The SMILES string of the molecule is CC(C)c1[nH]ncc1-c1ccnc(N[C@@H]2CCc3ccccc32)n1. The van der Waals surface area contributed by atoms with E-state index >= 15 is 0 Å². The summed E-state index contributed by atoms with van der Waals surface area (Å²) < 4.78 is 0. The minimum absolute atomic E-state index is 0.283. The second-order valence-corrected chi connectivity index (χ2v) is 6.55. The molecule has 1 aliphatic rings. The number of aryl methyl sites for hydroxylation is 1. The fourth-order valence-electron chi connectivity index (χ4n) is 3.38. The molecule has 2 N–H and O–H groups in total. The van der Waals surface area contributed by atoms with Gasteiger partial charge >= 0.3 is 0 Å². The number of nitrogens with zero attached hydrogens (tertiary/aromatic N) is 3. The van der Waals surface area contributed by atoms with Gasteiger partial charge in [-0.1, -0.05) is 38.1 Å². The average Bonchev–Trinajstić information content (AvgIpc) is 3.23. The van der Waals surface area contributed by atoms with Crippen LogP contribution in [0.1, 0.15) is 49.0 Å². The lowest BCUT2D eigenvalue weighted by Gasteiger charge is -2.14. The minimum atomic E-state index is 0.283. The Kier molecular flexibility index (Phi) is 3.76. The number of anilines is 1. The summed E-state index contributed by atoms with van der Waals surface area (Å²) in [6.45, 7) is 4.29. The van der Waals surface area contributed by atoms with Crippen molar-refractivity contribution in [3.63, 3.8) is 0 Å². The molecule has 4 rings (SSSR count). The maximum Gasteiger partial charge on any atom is 0.223 e. The van der Waals surface area contributed by atoms with Crippen LogP contribution < -0.4 is 5.32 Å². The van der Waals surface area contributed by atoms with Gasteiger partial charge in [0.15, 0.2) is 0 Å². The Labute approximate surface area is 141 Å². The standard InChI is InChI=1S/C19H21N5/c1-12(2)18-15(11-21-24-18)17-9-10-20-19(23-17)22-16-8-7-13-5-3-4-6-14(13)16/h3-6,9-12,16H,7-8H2,1-2H3,(H,21,24)(H,20,22,23)/t16-/m1/s1.